The van der Waals surface area contributed by atoms with Gasteiger partial charge in [0, 0.05) is 17.5 Å². The number of furan rings is 1. The van der Waals surface area contributed by atoms with Gasteiger partial charge in [-0.1, -0.05) is 11.6 Å². The minimum atomic E-state index is -0.684. The molecule has 0 amide bonds. The van der Waals surface area contributed by atoms with E-state index in [9.17, 15) is 9.59 Å². The standard InChI is InChI=1S/C15H9ClO5/c1-8-5-14(17)20-12-7-13(10(16)6-9(8)12)21-15(18)11-3-2-4-19-11/h2-7H,1H3. The zero-order chi connectivity index (χ0) is 15.0. The van der Waals surface area contributed by atoms with Crippen LogP contribution in [0.25, 0.3) is 11.0 Å². The molecule has 0 N–H and O–H groups in total. The molecule has 0 bridgehead atoms. The molecule has 106 valence electrons. The van der Waals surface area contributed by atoms with E-state index in [1.165, 1.54) is 24.5 Å². The van der Waals surface area contributed by atoms with Crippen LogP contribution in [0.5, 0.6) is 5.75 Å². The Hall–Kier alpha value is -2.53. The fourth-order valence-corrected chi connectivity index (χ4v) is 2.15. The van der Waals surface area contributed by atoms with Crippen LogP contribution in [0.4, 0.5) is 0 Å². The van der Waals surface area contributed by atoms with Crippen molar-refractivity contribution in [3.63, 3.8) is 0 Å². The predicted molar refractivity (Wildman–Crippen MR) is 75.9 cm³/mol. The molecule has 21 heavy (non-hydrogen) atoms. The molecule has 0 fully saturated rings. The molecule has 0 aliphatic heterocycles. The maximum absolute atomic E-state index is 11.8. The maximum Gasteiger partial charge on any atom is 0.379 e. The van der Waals surface area contributed by atoms with Crippen molar-refractivity contribution in [3.05, 3.63) is 63.4 Å². The van der Waals surface area contributed by atoms with E-state index in [4.69, 9.17) is 25.2 Å². The monoisotopic (exact) mass is 304 g/mol. The van der Waals surface area contributed by atoms with Crippen LogP contribution >= 0.6 is 11.6 Å². The summed E-state index contributed by atoms with van der Waals surface area (Å²) in [7, 11) is 0. The molecule has 0 unspecified atom stereocenters. The van der Waals surface area contributed by atoms with Crippen LogP contribution in [-0.4, -0.2) is 5.97 Å². The van der Waals surface area contributed by atoms with Crippen molar-refractivity contribution in [2.45, 2.75) is 6.92 Å². The zero-order valence-electron chi connectivity index (χ0n) is 10.9. The molecule has 2 aromatic heterocycles. The van der Waals surface area contributed by atoms with Gasteiger partial charge in [0.1, 0.15) is 5.58 Å². The van der Waals surface area contributed by atoms with Crippen molar-refractivity contribution in [1.29, 1.82) is 0 Å². The molecule has 3 rings (SSSR count). The number of rotatable bonds is 2. The number of esters is 1. The van der Waals surface area contributed by atoms with E-state index >= 15 is 0 Å². The normalized spacial score (nSPS) is 10.8. The van der Waals surface area contributed by atoms with E-state index in [1.807, 2.05) is 0 Å². The van der Waals surface area contributed by atoms with Crippen LogP contribution in [0.2, 0.25) is 5.02 Å². The van der Waals surface area contributed by atoms with Crippen molar-refractivity contribution in [1.82, 2.24) is 0 Å². The highest BCUT2D eigenvalue weighted by atomic mass is 35.5. The molecule has 0 saturated carbocycles. The summed E-state index contributed by atoms with van der Waals surface area (Å²) in [5.74, 6) is -0.535. The first-order valence-corrected chi connectivity index (χ1v) is 6.42. The average molecular weight is 305 g/mol. The molecular weight excluding hydrogens is 296 g/mol. The Morgan fingerprint density at radius 2 is 2.10 bits per heavy atom. The fourth-order valence-electron chi connectivity index (χ4n) is 1.94. The third kappa shape index (κ3) is 2.55. The first-order chi connectivity index (χ1) is 10.0. The molecule has 0 spiro atoms. The highest BCUT2D eigenvalue weighted by Crippen LogP contribution is 2.31. The van der Waals surface area contributed by atoms with Crippen molar-refractivity contribution < 1.29 is 18.4 Å². The average Bonchev–Trinajstić information content (AvgIpc) is 2.94. The number of aryl methyl sites for hydroxylation is 1. The Morgan fingerprint density at radius 3 is 2.81 bits per heavy atom. The molecule has 0 radical (unpaired) electrons. The van der Waals surface area contributed by atoms with E-state index in [2.05, 4.69) is 0 Å². The predicted octanol–water partition coefficient (Wildman–Crippen LogP) is 3.57. The van der Waals surface area contributed by atoms with E-state index in [-0.39, 0.29) is 16.5 Å². The lowest BCUT2D eigenvalue weighted by Gasteiger charge is -2.07. The van der Waals surface area contributed by atoms with E-state index < -0.39 is 11.6 Å². The highest BCUT2D eigenvalue weighted by molar-refractivity contribution is 6.33. The van der Waals surface area contributed by atoms with E-state index in [0.29, 0.717) is 11.0 Å². The lowest BCUT2D eigenvalue weighted by molar-refractivity contribution is 0.0701. The van der Waals surface area contributed by atoms with Gasteiger partial charge in [-0.05, 0) is 30.7 Å². The topological polar surface area (TPSA) is 69.7 Å². The minimum absolute atomic E-state index is 0.0526. The van der Waals surface area contributed by atoms with Crippen molar-refractivity contribution in [2.24, 2.45) is 0 Å². The van der Waals surface area contributed by atoms with Crippen LogP contribution in [0.1, 0.15) is 16.1 Å². The lowest BCUT2D eigenvalue weighted by atomic mass is 10.1. The summed E-state index contributed by atoms with van der Waals surface area (Å²) < 4.78 is 15.2. The van der Waals surface area contributed by atoms with Crippen LogP contribution in [-0.2, 0) is 0 Å². The van der Waals surface area contributed by atoms with Gasteiger partial charge in [-0.25, -0.2) is 9.59 Å². The third-order valence-corrected chi connectivity index (χ3v) is 3.22. The SMILES string of the molecule is Cc1cc(=O)oc2cc(OC(=O)c3ccco3)c(Cl)cc12. The fraction of sp³-hybridized carbons (Fsp3) is 0.0667. The number of halogens is 1. The molecule has 0 aliphatic rings. The largest absolute Gasteiger partial charge is 0.457 e. The summed E-state index contributed by atoms with van der Waals surface area (Å²) in [4.78, 5) is 23.2. The number of ether oxygens (including phenoxy) is 1. The van der Waals surface area contributed by atoms with Gasteiger partial charge < -0.3 is 13.6 Å². The number of carbonyl (C=O) groups is 1. The van der Waals surface area contributed by atoms with Gasteiger partial charge in [-0.2, -0.15) is 0 Å². The molecule has 3 aromatic rings. The molecule has 0 atom stereocenters. The Balaban J connectivity index is 2.05. The quantitative estimate of drug-likeness (QED) is 0.411. The number of hydrogen-bond donors (Lipinski definition) is 0. The van der Waals surface area contributed by atoms with Gasteiger partial charge in [-0.3, -0.25) is 0 Å². The van der Waals surface area contributed by atoms with Gasteiger partial charge >= 0.3 is 11.6 Å². The number of carbonyl (C=O) groups excluding carboxylic acids is 1. The molecule has 6 heteroatoms. The van der Waals surface area contributed by atoms with Gasteiger partial charge in [0.2, 0.25) is 5.76 Å². The molecule has 2 heterocycles. The molecule has 5 nitrogen and oxygen atoms in total. The number of benzene rings is 1. The summed E-state index contributed by atoms with van der Waals surface area (Å²) in [6, 6.07) is 7.41. The second kappa shape index (κ2) is 5.10. The van der Waals surface area contributed by atoms with Crippen molar-refractivity contribution >= 4 is 28.5 Å². The van der Waals surface area contributed by atoms with Gasteiger partial charge in [0.25, 0.3) is 0 Å². The van der Waals surface area contributed by atoms with Gasteiger partial charge in [0.05, 0.1) is 11.3 Å². The van der Waals surface area contributed by atoms with Crippen molar-refractivity contribution in [2.75, 3.05) is 0 Å². The second-order valence-corrected chi connectivity index (χ2v) is 4.80. The van der Waals surface area contributed by atoms with Gasteiger partial charge in [0.15, 0.2) is 5.75 Å². The second-order valence-electron chi connectivity index (χ2n) is 4.39. The summed E-state index contributed by atoms with van der Waals surface area (Å²) in [5, 5.41) is 0.914. The first kappa shape index (κ1) is 13.5. The minimum Gasteiger partial charge on any atom is -0.457 e. The van der Waals surface area contributed by atoms with E-state index in [0.717, 1.165) is 5.56 Å². The first-order valence-electron chi connectivity index (χ1n) is 6.04. The van der Waals surface area contributed by atoms with Crippen LogP contribution in [0.15, 0.2) is 50.2 Å². The smallest absolute Gasteiger partial charge is 0.379 e. The number of fused-ring (bicyclic) bond motifs is 1. The third-order valence-electron chi connectivity index (χ3n) is 2.93. The Bertz CT molecular complexity index is 877. The molecule has 0 aliphatic carbocycles. The molecule has 0 saturated heterocycles. The number of hydrogen-bond acceptors (Lipinski definition) is 5. The molecular formula is C15H9ClO5. The van der Waals surface area contributed by atoms with Crippen LogP contribution in [0, 0.1) is 6.92 Å². The maximum atomic E-state index is 11.8. The van der Waals surface area contributed by atoms with Crippen LogP contribution in [0.3, 0.4) is 0 Å². The Kier molecular flexibility index (Phi) is 3.27. The van der Waals surface area contributed by atoms with Crippen molar-refractivity contribution in [3.8, 4) is 5.75 Å². The zero-order valence-corrected chi connectivity index (χ0v) is 11.6. The summed E-state index contributed by atoms with van der Waals surface area (Å²) in [5.41, 5.74) is 0.546. The summed E-state index contributed by atoms with van der Waals surface area (Å²) >= 11 is 6.09. The highest BCUT2D eigenvalue weighted by Gasteiger charge is 2.15. The van der Waals surface area contributed by atoms with Gasteiger partial charge in [-0.15, -0.1) is 0 Å². The van der Waals surface area contributed by atoms with E-state index in [1.54, 1.807) is 19.1 Å². The summed E-state index contributed by atoms with van der Waals surface area (Å²) in [6.45, 7) is 1.77. The lowest BCUT2D eigenvalue weighted by Crippen LogP contribution is -2.07. The van der Waals surface area contributed by atoms with Crippen LogP contribution < -0.4 is 10.4 Å². The summed E-state index contributed by atoms with van der Waals surface area (Å²) in [6.07, 6.45) is 1.36. The Labute approximate surface area is 123 Å². The molecule has 1 aromatic carbocycles. The Morgan fingerprint density at radius 1 is 1.29 bits per heavy atom.